The molecule has 2 aliphatic heterocycles. The van der Waals surface area contributed by atoms with Crippen LogP contribution in [0.5, 0.6) is 0 Å². The molecule has 4 rings (SSSR count). The molecule has 0 aromatic rings. The molecule has 0 unspecified atom stereocenters. The number of carbonyl (C=O) groups is 2. The number of hydrogen-bond donors (Lipinski definition) is 2. The van der Waals surface area contributed by atoms with Crippen LogP contribution in [-0.2, 0) is 4.79 Å². The summed E-state index contributed by atoms with van der Waals surface area (Å²) in [6.07, 6.45) is 8.24. The van der Waals surface area contributed by atoms with Crippen molar-refractivity contribution < 1.29 is 9.59 Å². The Morgan fingerprint density at radius 1 is 0.840 bits per heavy atom. The number of urea groups is 1. The zero-order valence-corrected chi connectivity index (χ0v) is 15.2. The molecule has 140 valence electrons. The standard InChI is InChI=1S/C19H32N4O2/c24-18(20-10-14-3-4-14)16-2-1-8-23(13-16)19(25)21-11-15-7-9-22(12-15)17-5-6-17/h14-17H,1-13H2,(H,20,24)(H,21,25)/t15-,16+/m0/s1. The van der Waals surface area contributed by atoms with Crippen LogP contribution in [0, 0.1) is 17.8 Å². The highest BCUT2D eigenvalue weighted by Crippen LogP contribution is 2.31. The molecule has 0 aromatic heterocycles. The van der Waals surface area contributed by atoms with E-state index in [-0.39, 0.29) is 17.9 Å². The van der Waals surface area contributed by atoms with Gasteiger partial charge in [-0.3, -0.25) is 4.79 Å². The minimum absolute atomic E-state index is 0.0181. The van der Waals surface area contributed by atoms with Crippen LogP contribution in [0.4, 0.5) is 4.79 Å². The van der Waals surface area contributed by atoms with Gasteiger partial charge in [-0.25, -0.2) is 4.79 Å². The van der Waals surface area contributed by atoms with Crippen molar-refractivity contribution in [3.05, 3.63) is 0 Å². The summed E-state index contributed by atoms with van der Waals surface area (Å²) in [5, 5.41) is 6.19. The number of piperidine rings is 1. The van der Waals surface area contributed by atoms with E-state index in [1.807, 2.05) is 4.90 Å². The molecule has 0 spiro atoms. The molecule has 2 saturated heterocycles. The summed E-state index contributed by atoms with van der Waals surface area (Å²) in [4.78, 5) is 29.2. The first-order chi connectivity index (χ1) is 12.2. The van der Waals surface area contributed by atoms with Gasteiger partial charge in [0.05, 0.1) is 5.92 Å². The number of likely N-dealkylation sites (tertiary alicyclic amines) is 2. The Labute approximate surface area is 150 Å². The van der Waals surface area contributed by atoms with Crippen molar-refractivity contribution in [2.75, 3.05) is 39.3 Å². The van der Waals surface area contributed by atoms with E-state index in [0.29, 0.717) is 18.4 Å². The monoisotopic (exact) mass is 348 g/mol. The van der Waals surface area contributed by atoms with Gasteiger partial charge in [0.25, 0.3) is 0 Å². The van der Waals surface area contributed by atoms with E-state index in [9.17, 15) is 9.59 Å². The molecule has 2 heterocycles. The van der Waals surface area contributed by atoms with Gasteiger partial charge in [0, 0.05) is 38.8 Å². The van der Waals surface area contributed by atoms with Crippen LogP contribution in [0.1, 0.15) is 44.9 Å². The summed E-state index contributed by atoms with van der Waals surface area (Å²) in [6.45, 7) is 5.27. The average molecular weight is 348 g/mol. The molecule has 6 nitrogen and oxygen atoms in total. The molecule has 2 saturated carbocycles. The molecule has 2 atom stereocenters. The van der Waals surface area contributed by atoms with Crippen LogP contribution in [0.25, 0.3) is 0 Å². The Morgan fingerprint density at radius 3 is 2.40 bits per heavy atom. The molecular formula is C19H32N4O2. The lowest BCUT2D eigenvalue weighted by Gasteiger charge is -2.32. The molecule has 0 aromatic carbocycles. The van der Waals surface area contributed by atoms with E-state index >= 15 is 0 Å². The number of carbonyl (C=O) groups excluding carboxylic acids is 2. The molecule has 6 heteroatoms. The molecule has 0 bridgehead atoms. The quantitative estimate of drug-likeness (QED) is 0.763. The smallest absolute Gasteiger partial charge is 0.317 e. The summed E-state index contributed by atoms with van der Waals surface area (Å²) >= 11 is 0. The molecule has 25 heavy (non-hydrogen) atoms. The van der Waals surface area contributed by atoms with E-state index in [2.05, 4.69) is 15.5 Å². The van der Waals surface area contributed by atoms with Gasteiger partial charge in [-0.05, 0) is 63.3 Å². The highest BCUT2D eigenvalue weighted by Gasteiger charge is 2.35. The predicted molar refractivity (Wildman–Crippen MR) is 96.1 cm³/mol. The van der Waals surface area contributed by atoms with Crippen LogP contribution in [0.2, 0.25) is 0 Å². The third kappa shape index (κ3) is 4.66. The van der Waals surface area contributed by atoms with Crippen molar-refractivity contribution in [3.63, 3.8) is 0 Å². The molecular weight excluding hydrogens is 316 g/mol. The third-order valence-electron chi connectivity index (χ3n) is 6.26. The summed E-state index contributed by atoms with van der Waals surface area (Å²) < 4.78 is 0. The number of nitrogens with zero attached hydrogens (tertiary/aromatic N) is 2. The van der Waals surface area contributed by atoms with Crippen LogP contribution in [0.3, 0.4) is 0 Å². The first-order valence-electron chi connectivity index (χ1n) is 10.2. The Hall–Kier alpha value is -1.30. The first kappa shape index (κ1) is 17.1. The summed E-state index contributed by atoms with van der Waals surface area (Å²) in [5.74, 6) is 1.40. The van der Waals surface area contributed by atoms with Crippen molar-refractivity contribution >= 4 is 11.9 Å². The van der Waals surface area contributed by atoms with Gasteiger partial charge in [-0.2, -0.15) is 0 Å². The Balaban J connectivity index is 1.18. The van der Waals surface area contributed by atoms with Crippen molar-refractivity contribution in [2.24, 2.45) is 17.8 Å². The highest BCUT2D eigenvalue weighted by atomic mass is 16.2. The van der Waals surface area contributed by atoms with Crippen LogP contribution >= 0.6 is 0 Å². The Morgan fingerprint density at radius 2 is 1.64 bits per heavy atom. The molecule has 0 radical (unpaired) electrons. The maximum Gasteiger partial charge on any atom is 0.317 e. The van der Waals surface area contributed by atoms with E-state index in [1.165, 1.54) is 38.6 Å². The third-order valence-corrected chi connectivity index (χ3v) is 6.26. The number of hydrogen-bond acceptors (Lipinski definition) is 3. The van der Waals surface area contributed by atoms with Crippen molar-refractivity contribution in [1.29, 1.82) is 0 Å². The molecule has 2 N–H and O–H groups in total. The van der Waals surface area contributed by atoms with Gasteiger partial charge in [-0.1, -0.05) is 0 Å². The fraction of sp³-hybridized carbons (Fsp3) is 0.895. The maximum absolute atomic E-state index is 12.5. The van der Waals surface area contributed by atoms with Gasteiger partial charge in [0.15, 0.2) is 0 Å². The second-order valence-electron chi connectivity index (χ2n) is 8.54. The topological polar surface area (TPSA) is 64.7 Å². The van der Waals surface area contributed by atoms with E-state index in [4.69, 9.17) is 0 Å². The lowest BCUT2D eigenvalue weighted by atomic mass is 9.97. The molecule has 3 amide bonds. The van der Waals surface area contributed by atoms with E-state index in [0.717, 1.165) is 45.1 Å². The summed E-state index contributed by atoms with van der Waals surface area (Å²) in [6, 6.07) is 0.849. The zero-order chi connectivity index (χ0) is 17.2. The average Bonchev–Trinajstić information content (AvgIpc) is 3.57. The maximum atomic E-state index is 12.5. The molecule has 2 aliphatic carbocycles. The lowest BCUT2D eigenvalue weighted by molar-refractivity contribution is -0.126. The SMILES string of the molecule is O=C(NCC1CC1)[C@@H]1CCCN(C(=O)NC[C@@H]2CCN(C3CC3)C2)C1. The van der Waals surface area contributed by atoms with Gasteiger partial charge < -0.3 is 20.4 Å². The Bertz CT molecular complexity index is 504. The number of rotatable bonds is 6. The lowest BCUT2D eigenvalue weighted by Crippen LogP contribution is -2.49. The molecule has 4 fully saturated rings. The number of nitrogens with one attached hydrogen (secondary N) is 2. The normalized spacial score (nSPS) is 30.3. The summed E-state index contributed by atoms with van der Waals surface area (Å²) in [5.41, 5.74) is 0. The van der Waals surface area contributed by atoms with Crippen molar-refractivity contribution in [1.82, 2.24) is 20.4 Å². The van der Waals surface area contributed by atoms with E-state index < -0.39 is 0 Å². The van der Waals surface area contributed by atoms with Gasteiger partial charge in [0.2, 0.25) is 5.91 Å². The predicted octanol–water partition coefficient (Wildman–Crippen LogP) is 1.42. The number of amides is 3. The first-order valence-corrected chi connectivity index (χ1v) is 10.2. The van der Waals surface area contributed by atoms with Crippen molar-refractivity contribution in [3.8, 4) is 0 Å². The van der Waals surface area contributed by atoms with Crippen LogP contribution in [0.15, 0.2) is 0 Å². The second kappa shape index (κ2) is 7.52. The minimum atomic E-state index is -0.0323. The zero-order valence-electron chi connectivity index (χ0n) is 15.2. The molecule has 4 aliphatic rings. The second-order valence-corrected chi connectivity index (χ2v) is 8.54. The Kier molecular flexibility index (Phi) is 5.15. The largest absolute Gasteiger partial charge is 0.356 e. The van der Waals surface area contributed by atoms with Gasteiger partial charge in [-0.15, -0.1) is 0 Å². The highest BCUT2D eigenvalue weighted by molar-refractivity contribution is 5.80. The van der Waals surface area contributed by atoms with Gasteiger partial charge in [0.1, 0.15) is 0 Å². The fourth-order valence-electron chi connectivity index (χ4n) is 4.23. The minimum Gasteiger partial charge on any atom is -0.356 e. The van der Waals surface area contributed by atoms with Crippen LogP contribution in [-0.4, -0.2) is 67.0 Å². The van der Waals surface area contributed by atoms with Gasteiger partial charge >= 0.3 is 6.03 Å². The van der Waals surface area contributed by atoms with Crippen molar-refractivity contribution in [2.45, 2.75) is 51.0 Å². The van der Waals surface area contributed by atoms with Crippen LogP contribution < -0.4 is 10.6 Å². The fourth-order valence-corrected chi connectivity index (χ4v) is 4.23. The van der Waals surface area contributed by atoms with E-state index in [1.54, 1.807) is 0 Å². The summed E-state index contributed by atoms with van der Waals surface area (Å²) in [7, 11) is 0.